The number of amides is 1. The molecule has 1 saturated heterocycles. The van der Waals surface area contributed by atoms with E-state index in [1.807, 2.05) is 0 Å². The van der Waals surface area contributed by atoms with Crippen LogP contribution in [0.15, 0.2) is 0 Å². The SMILES string of the molecule is O=C(NC1(CO)CCCC1)[C@@H]1CCCN1. The molecule has 1 heterocycles. The van der Waals surface area contributed by atoms with Crippen LogP contribution < -0.4 is 10.6 Å². The second-order valence-electron chi connectivity index (χ2n) is 4.78. The van der Waals surface area contributed by atoms with Crippen molar-refractivity contribution >= 4 is 5.91 Å². The highest BCUT2D eigenvalue weighted by Crippen LogP contribution is 2.29. The molecule has 4 nitrogen and oxygen atoms in total. The maximum atomic E-state index is 11.9. The quantitative estimate of drug-likeness (QED) is 0.624. The van der Waals surface area contributed by atoms with E-state index in [9.17, 15) is 9.90 Å². The summed E-state index contributed by atoms with van der Waals surface area (Å²) in [6.07, 6.45) is 6.05. The van der Waals surface area contributed by atoms with Gasteiger partial charge in [0.2, 0.25) is 5.91 Å². The van der Waals surface area contributed by atoms with Gasteiger partial charge in [-0.1, -0.05) is 12.8 Å². The number of aliphatic hydroxyl groups excluding tert-OH is 1. The number of carbonyl (C=O) groups excluding carboxylic acids is 1. The van der Waals surface area contributed by atoms with Crippen LogP contribution in [0.2, 0.25) is 0 Å². The number of nitrogens with one attached hydrogen (secondary N) is 2. The largest absolute Gasteiger partial charge is 0.394 e. The van der Waals surface area contributed by atoms with Gasteiger partial charge in [-0.3, -0.25) is 4.79 Å². The van der Waals surface area contributed by atoms with E-state index in [-0.39, 0.29) is 24.1 Å². The van der Waals surface area contributed by atoms with Gasteiger partial charge in [-0.2, -0.15) is 0 Å². The van der Waals surface area contributed by atoms with Gasteiger partial charge in [0.15, 0.2) is 0 Å². The van der Waals surface area contributed by atoms with Gasteiger partial charge in [0.1, 0.15) is 0 Å². The van der Waals surface area contributed by atoms with E-state index in [4.69, 9.17) is 0 Å². The minimum Gasteiger partial charge on any atom is -0.394 e. The first-order valence-electron chi connectivity index (χ1n) is 5.92. The fraction of sp³-hybridized carbons (Fsp3) is 0.909. The summed E-state index contributed by atoms with van der Waals surface area (Å²) in [4.78, 5) is 11.9. The maximum Gasteiger partial charge on any atom is 0.237 e. The van der Waals surface area contributed by atoms with Crippen molar-refractivity contribution in [3.63, 3.8) is 0 Å². The van der Waals surface area contributed by atoms with Crippen molar-refractivity contribution in [1.82, 2.24) is 10.6 Å². The summed E-state index contributed by atoms with van der Waals surface area (Å²) in [5.41, 5.74) is -0.318. The molecule has 0 aromatic heterocycles. The van der Waals surface area contributed by atoms with E-state index in [1.165, 1.54) is 0 Å². The molecular formula is C11H20N2O2. The van der Waals surface area contributed by atoms with Crippen LogP contribution in [0.4, 0.5) is 0 Å². The Balaban J connectivity index is 1.91. The van der Waals surface area contributed by atoms with E-state index >= 15 is 0 Å². The minimum absolute atomic E-state index is 0.0333. The zero-order valence-corrected chi connectivity index (χ0v) is 9.09. The smallest absolute Gasteiger partial charge is 0.237 e. The van der Waals surface area contributed by atoms with Gasteiger partial charge in [0.25, 0.3) is 0 Å². The highest BCUT2D eigenvalue weighted by atomic mass is 16.3. The zero-order chi connectivity index (χ0) is 10.7. The molecule has 1 atom stereocenters. The van der Waals surface area contributed by atoms with Crippen molar-refractivity contribution in [2.24, 2.45) is 0 Å². The molecule has 3 N–H and O–H groups in total. The Hall–Kier alpha value is -0.610. The van der Waals surface area contributed by atoms with Crippen LogP contribution in [-0.4, -0.2) is 35.7 Å². The molecule has 0 spiro atoms. The van der Waals surface area contributed by atoms with Crippen molar-refractivity contribution in [1.29, 1.82) is 0 Å². The van der Waals surface area contributed by atoms with Gasteiger partial charge in [-0.15, -0.1) is 0 Å². The molecule has 0 radical (unpaired) electrons. The zero-order valence-electron chi connectivity index (χ0n) is 9.09. The lowest BCUT2D eigenvalue weighted by atomic mass is 9.98. The Morgan fingerprint density at radius 1 is 1.40 bits per heavy atom. The Bertz CT molecular complexity index is 231. The number of rotatable bonds is 3. The fourth-order valence-corrected chi connectivity index (χ4v) is 2.63. The van der Waals surface area contributed by atoms with E-state index < -0.39 is 0 Å². The van der Waals surface area contributed by atoms with Gasteiger partial charge in [0.05, 0.1) is 18.2 Å². The van der Waals surface area contributed by atoms with Crippen LogP contribution in [0.1, 0.15) is 38.5 Å². The Kier molecular flexibility index (Phi) is 3.26. The minimum atomic E-state index is -0.318. The number of hydrogen-bond donors (Lipinski definition) is 3. The summed E-state index contributed by atoms with van der Waals surface area (Å²) < 4.78 is 0. The summed E-state index contributed by atoms with van der Waals surface area (Å²) in [7, 11) is 0. The molecule has 2 aliphatic rings. The topological polar surface area (TPSA) is 61.4 Å². The van der Waals surface area contributed by atoms with Crippen molar-refractivity contribution < 1.29 is 9.90 Å². The van der Waals surface area contributed by atoms with Crippen molar-refractivity contribution in [2.75, 3.05) is 13.2 Å². The Morgan fingerprint density at radius 3 is 2.67 bits per heavy atom. The lowest BCUT2D eigenvalue weighted by Crippen LogP contribution is -2.54. The summed E-state index contributed by atoms with van der Waals surface area (Å²) in [6.45, 7) is 1.01. The molecule has 1 saturated carbocycles. The molecule has 0 aromatic rings. The molecule has 4 heteroatoms. The first kappa shape index (κ1) is 10.9. The normalized spacial score (nSPS) is 29.3. The van der Waals surface area contributed by atoms with Crippen LogP contribution in [0, 0.1) is 0 Å². The molecule has 86 valence electrons. The summed E-state index contributed by atoms with van der Waals surface area (Å²) >= 11 is 0. The Labute approximate surface area is 90.4 Å². The van der Waals surface area contributed by atoms with Crippen molar-refractivity contribution in [3.05, 3.63) is 0 Å². The molecule has 0 aromatic carbocycles. The standard InChI is InChI=1S/C11H20N2O2/c14-8-11(5-1-2-6-11)13-10(15)9-4-3-7-12-9/h9,12,14H,1-8H2,(H,13,15)/t9-/m0/s1. The molecule has 0 unspecified atom stereocenters. The summed E-state index contributed by atoms with van der Waals surface area (Å²) in [5.74, 6) is 0.0726. The van der Waals surface area contributed by atoms with Gasteiger partial charge in [-0.05, 0) is 32.2 Å². The first-order chi connectivity index (χ1) is 7.26. The monoisotopic (exact) mass is 212 g/mol. The van der Waals surface area contributed by atoms with Crippen molar-refractivity contribution in [3.8, 4) is 0 Å². The number of aliphatic hydroxyl groups is 1. The van der Waals surface area contributed by atoms with E-state index in [1.54, 1.807) is 0 Å². The lowest BCUT2D eigenvalue weighted by molar-refractivity contribution is -0.125. The average Bonchev–Trinajstić information content (AvgIpc) is 2.88. The van der Waals surface area contributed by atoms with Crippen LogP contribution in [0.25, 0.3) is 0 Å². The van der Waals surface area contributed by atoms with Crippen LogP contribution in [0.3, 0.4) is 0 Å². The van der Waals surface area contributed by atoms with Crippen LogP contribution in [0.5, 0.6) is 0 Å². The van der Waals surface area contributed by atoms with Gasteiger partial charge in [0, 0.05) is 0 Å². The van der Waals surface area contributed by atoms with Gasteiger partial charge in [-0.25, -0.2) is 0 Å². The molecule has 2 fully saturated rings. The lowest BCUT2D eigenvalue weighted by Gasteiger charge is -2.29. The predicted octanol–water partition coefficient (Wildman–Crippen LogP) is 0.160. The Morgan fingerprint density at radius 2 is 2.13 bits per heavy atom. The first-order valence-corrected chi connectivity index (χ1v) is 5.92. The van der Waals surface area contributed by atoms with Crippen LogP contribution >= 0.6 is 0 Å². The third kappa shape index (κ3) is 2.32. The van der Waals surface area contributed by atoms with Crippen molar-refractivity contribution in [2.45, 2.75) is 50.1 Å². The maximum absolute atomic E-state index is 11.9. The van der Waals surface area contributed by atoms with E-state index in [0.717, 1.165) is 45.1 Å². The number of carbonyl (C=O) groups is 1. The molecule has 0 bridgehead atoms. The average molecular weight is 212 g/mol. The highest BCUT2D eigenvalue weighted by molar-refractivity contribution is 5.82. The highest BCUT2D eigenvalue weighted by Gasteiger charge is 2.36. The second-order valence-corrected chi connectivity index (χ2v) is 4.78. The van der Waals surface area contributed by atoms with E-state index in [0.29, 0.717) is 0 Å². The molecule has 15 heavy (non-hydrogen) atoms. The molecule has 1 aliphatic carbocycles. The number of hydrogen-bond acceptors (Lipinski definition) is 3. The van der Waals surface area contributed by atoms with Crippen LogP contribution in [-0.2, 0) is 4.79 Å². The second kappa shape index (κ2) is 4.49. The summed E-state index contributed by atoms with van der Waals surface area (Å²) in [6, 6.07) is -0.0333. The molecule has 1 amide bonds. The molecule has 2 rings (SSSR count). The molecule has 1 aliphatic heterocycles. The van der Waals surface area contributed by atoms with E-state index in [2.05, 4.69) is 10.6 Å². The predicted molar refractivity (Wildman–Crippen MR) is 57.5 cm³/mol. The van der Waals surface area contributed by atoms with Gasteiger partial charge >= 0.3 is 0 Å². The fourth-order valence-electron chi connectivity index (χ4n) is 2.63. The third-order valence-electron chi connectivity index (χ3n) is 3.63. The summed E-state index contributed by atoms with van der Waals surface area (Å²) in [5, 5.41) is 15.6. The van der Waals surface area contributed by atoms with Gasteiger partial charge < -0.3 is 15.7 Å². The third-order valence-corrected chi connectivity index (χ3v) is 3.63. The molecular weight excluding hydrogens is 192 g/mol.